The third-order valence-electron chi connectivity index (χ3n) is 3.67. The molecule has 0 bridgehead atoms. The first-order valence-corrected chi connectivity index (χ1v) is 7.99. The zero-order valence-electron chi connectivity index (χ0n) is 13.4. The number of carboxylic acids is 1. The number of aryl methyl sites for hydroxylation is 2. The number of carboxylic acid groups (broad SMARTS) is 1. The van der Waals surface area contributed by atoms with Gasteiger partial charge in [-0.25, -0.2) is 4.79 Å². The van der Waals surface area contributed by atoms with Gasteiger partial charge in [0.1, 0.15) is 5.00 Å². The van der Waals surface area contributed by atoms with E-state index < -0.39 is 16.8 Å². The second-order valence-corrected chi connectivity index (χ2v) is 6.43. The number of anilines is 1. The van der Waals surface area contributed by atoms with E-state index in [2.05, 4.69) is 5.32 Å². The third-order valence-corrected chi connectivity index (χ3v) is 4.73. The molecule has 0 aliphatic carbocycles. The van der Waals surface area contributed by atoms with Crippen molar-refractivity contribution in [2.24, 2.45) is 0 Å². The molecule has 0 saturated heterocycles. The molecule has 0 fully saturated rings. The van der Waals surface area contributed by atoms with Gasteiger partial charge in [-0.2, -0.15) is 0 Å². The number of nitrogens with zero attached hydrogens (tertiary/aromatic N) is 1. The lowest BCUT2D eigenvalue weighted by Gasteiger charge is -2.07. The quantitative estimate of drug-likeness (QED) is 0.631. The lowest BCUT2D eigenvalue weighted by Crippen LogP contribution is -2.15. The number of amides is 1. The Morgan fingerprint density at radius 1 is 1.33 bits per heavy atom. The van der Waals surface area contributed by atoms with Crippen molar-refractivity contribution in [3.8, 4) is 0 Å². The summed E-state index contributed by atoms with van der Waals surface area (Å²) in [5.41, 5.74) is 1.41. The number of thiophene rings is 1. The summed E-state index contributed by atoms with van der Waals surface area (Å²) in [6, 6.07) is 3.92. The maximum absolute atomic E-state index is 12.4. The van der Waals surface area contributed by atoms with Crippen LogP contribution in [-0.4, -0.2) is 21.9 Å². The van der Waals surface area contributed by atoms with E-state index in [9.17, 15) is 24.8 Å². The SMILES string of the molecule is CCc1c(C)sc(NC(=O)c2ccc([N+](=O)[O-])cc2C)c1C(=O)O. The maximum Gasteiger partial charge on any atom is 0.339 e. The Hall–Kier alpha value is -2.74. The van der Waals surface area contributed by atoms with E-state index in [1.807, 2.05) is 13.8 Å². The van der Waals surface area contributed by atoms with E-state index in [-0.39, 0.29) is 21.8 Å². The highest BCUT2D eigenvalue weighted by molar-refractivity contribution is 7.16. The second-order valence-electron chi connectivity index (χ2n) is 5.21. The van der Waals surface area contributed by atoms with Crippen LogP contribution in [0.25, 0.3) is 0 Å². The molecule has 0 spiro atoms. The summed E-state index contributed by atoms with van der Waals surface area (Å²) in [5.74, 6) is -1.58. The van der Waals surface area contributed by atoms with Gasteiger partial charge in [0.25, 0.3) is 11.6 Å². The first kappa shape index (κ1) is 17.6. The maximum atomic E-state index is 12.4. The summed E-state index contributed by atoms with van der Waals surface area (Å²) in [6.45, 7) is 5.26. The van der Waals surface area contributed by atoms with E-state index in [0.717, 1.165) is 4.88 Å². The van der Waals surface area contributed by atoms with Crippen LogP contribution in [-0.2, 0) is 6.42 Å². The van der Waals surface area contributed by atoms with Crippen LogP contribution in [0.4, 0.5) is 10.7 Å². The molecule has 2 aromatic rings. The zero-order chi connectivity index (χ0) is 18.0. The molecule has 7 nitrogen and oxygen atoms in total. The number of aromatic carboxylic acids is 1. The highest BCUT2D eigenvalue weighted by atomic mass is 32.1. The number of benzene rings is 1. The molecule has 0 atom stereocenters. The molecule has 1 aromatic carbocycles. The molecule has 0 aliphatic rings. The lowest BCUT2D eigenvalue weighted by atomic mass is 10.1. The minimum absolute atomic E-state index is 0.101. The monoisotopic (exact) mass is 348 g/mol. The van der Waals surface area contributed by atoms with Crippen LogP contribution in [0.5, 0.6) is 0 Å². The number of hydrogen-bond acceptors (Lipinski definition) is 5. The lowest BCUT2D eigenvalue weighted by molar-refractivity contribution is -0.384. The first-order chi connectivity index (χ1) is 11.3. The van der Waals surface area contributed by atoms with Gasteiger partial charge in [0, 0.05) is 22.6 Å². The van der Waals surface area contributed by atoms with Crippen LogP contribution in [0.1, 0.15) is 43.6 Å². The molecule has 2 N–H and O–H groups in total. The Kier molecular flexibility index (Phi) is 4.99. The van der Waals surface area contributed by atoms with E-state index >= 15 is 0 Å². The standard InChI is InChI=1S/C16H16N2O5S/c1-4-11-9(3)24-15(13(11)16(20)21)17-14(19)12-6-5-10(18(22)23)7-8(12)2/h5-7H,4H2,1-3H3,(H,17,19)(H,20,21). The minimum atomic E-state index is -1.09. The predicted molar refractivity (Wildman–Crippen MR) is 91.2 cm³/mol. The van der Waals surface area contributed by atoms with Crippen molar-refractivity contribution >= 4 is 33.9 Å². The molecular weight excluding hydrogens is 332 g/mol. The zero-order valence-corrected chi connectivity index (χ0v) is 14.2. The highest BCUT2D eigenvalue weighted by Gasteiger charge is 2.23. The Morgan fingerprint density at radius 2 is 2.00 bits per heavy atom. The molecule has 0 saturated carbocycles. The average molecular weight is 348 g/mol. The summed E-state index contributed by atoms with van der Waals surface area (Å²) in [5, 5.41) is 23.1. The first-order valence-electron chi connectivity index (χ1n) is 7.18. The Morgan fingerprint density at radius 3 is 2.50 bits per heavy atom. The van der Waals surface area contributed by atoms with E-state index in [0.29, 0.717) is 17.5 Å². The fraction of sp³-hybridized carbons (Fsp3) is 0.250. The largest absolute Gasteiger partial charge is 0.478 e. The van der Waals surface area contributed by atoms with Gasteiger partial charge in [0.05, 0.1) is 10.5 Å². The van der Waals surface area contributed by atoms with Crippen LogP contribution in [0.2, 0.25) is 0 Å². The van der Waals surface area contributed by atoms with Crippen LogP contribution in [0.3, 0.4) is 0 Å². The molecule has 2 rings (SSSR count). The third kappa shape index (κ3) is 3.28. The van der Waals surface area contributed by atoms with Crippen LogP contribution in [0.15, 0.2) is 18.2 Å². The van der Waals surface area contributed by atoms with Crippen LogP contribution < -0.4 is 5.32 Å². The van der Waals surface area contributed by atoms with Crippen molar-refractivity contribution in [3.63, 3.8) is 0 Å². The van der Waals surface area contributed by atoms with Crippen molar-refractivity contribution in [1.29, 1.82) is 0 Å². The van der Waals surface area contributed by atoms with Gasteiger partial charge < -0.3 is 10.4 Å². The van der Waals surface area contributed by atoms with E-state index in [1.54, 1.807) is 6.92 Å². The summed E-state index contributed by atoms with van der Waals surface area (Å²) in [4.78, 5) is 35.0. The minimum Gasteiger partial charge on any atom is -0.478 e. The normalized spacial score (nSPS) is 10.5. The van der Waals surface area contributed by atoms with E-state index in [4.69, 9.17) is 0 Å². The van der Waals surface area contributed by atoms with Crippen molar-refractivity contribution in [3.05, 3.63) is 55.4 Å². The molecule has 1 aromatic heterocycles. The number of carbonyl (C=O) groups is 2. The number of hydrogen-bond donors (Lipinski definition) is 2. The molecule has 0 unspecified atom stereocenters. The molecule has 0 aliphatic heterocycles. The number of non-ortho nitro benzene ring substituents is 1. The van der Waals surface area contributed by atoms with Crippen molar-refractivity contribution < 1.29 is 19.6 Å². The number of nitro groups is 1. The highest BCUT2D eigenvalue weighted by Crippen LogP contribution is 2.34. The van der Waals surface area contributed by atoms with Crippen molar-refractivity contribution in [2.75, 3.05) is 5.32 Å². The topological polar surface area (TPSA) is 110 Å². The number of nitro benzene ring substituents is 1. The van der Waals surface area contributed by atoms with Crippen LogP contribution in [0, 0.1) is 24.0 Å². The van der Waals surface area contributed by atoms with Gasteiger partial charge in [0.2, 0.25) is 0 Å². The Labute approximate surface area is 142 Å². The molecule has 8 heteroatoms. The molecule has 1 amide bonds. The Bertz CT molecular complexity index is 841. The van der Waals surface area contributed by atoms with Gasteiger partial charge >= 0.3 is 5.97 Å². The van der Waals surface area contributed by atoms with Crippen molar-refractivity contribution in [1.82, 2.24) is 0 Å². The molecule has 24 heavy (non-hydrogen) atoms. The second kappa shape index (κ2) is 6.79. The molecule has 126 valence electrons. The number of carbonyl (C=O) groups excluding carboxylic acids is 1. The van der Waals surface area contributed by atoms with E-state index in [1.165, 1.54) is 29.5 Å². The summed E-state index contributed by atoms with van der Waals surface area (Å²) < 4.78 is 0. The average Bonchev–Trinajstić information content (AvgIpc) is 2.82. The molecule has 1 heterocycles. The molecular formula is C16H16N2O5S. The van der Waals surface area contributed by atoms with Gasteiger partial charge in [-0.15, -0.1) is 11.3 Å². The van der Waals surface area contributed by atoms with Gasteiger partial charge in [-0.05, 0) is 37.5 Å². The Balaban J connectivity index is 2.37. The van der Waals surface area contributed by atoms with Gasteiger partial charge in [-0.3, -0.25) is 14.9 Å². The van der Waals surface area contributed by atoms with Crippen molar-refractivity contribution in [2.45, 2.75) is 27.2 Å². The number of nitrogens with one attached hydrogen (secondary N) is 1. The summed E-state index contributed by atoms with van der Waals surface area (Å²) in [7, 11) is 0. The van der Waals surface area contributed by atoms with Gasteiger partial charge in [-0.1, -0.05) is 6.92 Å². The summed E-state index contributed by atoms with van der Waals surface area (Å²) in [6.07, 6.45) is 0.552. The summed E-state index contributed by atoms with van der Waals surface area (Å²) >= 11 is 1.21. The van der Waals surface area contributed by atoms with Crippen LogP contribution >= 0.6 is 11.3 Å². The van der Waals surface area contributed by atoms with Gasteiger partial charge in [0.15, 0.2) is 0 Å². The molecule has 0 radical (unpaired) electrons. The fourth-order valence-corrected chi connectivity index (χ4v) is 3.64. The number of rotatable bonds is 5. The predicted octanol–water partition coefficient (Wildman–Crippen LogP) is 3.79. The fourth-order valence-electron chi connectivity index (χ4n) is 2.51. The smallest absolute Gasteiger partial charge is 0.339 e.